The van der Waals surface area contributed by atoms with Crippen LogP contribution in [0, 0.1) is 11.6 Å². The number of benzene rings is 1. The van der Waals surface area contributed by atoms with Crippen molar-refractivity contribution in [2.24, 2.45) is 5.73 Å². The second kappa shape index (κ2) is 9.15. The van der Waals surface area contributed by atoms with Gasteiger partial charge in [-0.3, -0.25) is 4.79 Å². The summed E-state index contributed by atoms with van der Waals surface area (Å²) in [5.74, 6) is -2.15. The fraction of sp³-hybridized carbons (Fsp3) is 0.562. The lowest BCUT2D eigenvalue weighted by molar-refractivity contribution is -0.128. The maximum absolute atomic E-state index is 13.0. The van der Waals surface area contributed by atoms with Crippen LogP contribution in [0.1, 0.15) is 32.1 Å². The van der Waals surface area contributed by atoms with Gasteiger partial charge < -0.3 is 20.9 Å². The number of aliphatic hydroxyl groups excluding tert-OH is 1. The van der Waals surface area contributed by atoms with Crippen LogP contribution in [0.4, 0.5) is 8.78 Å². The highest BCUT2D eigenvalue weighted by atomic mass is 35.5. The van der Waals surface area contributed by atoms with Crippen LogP contribution in [0.15, 0.2) is 18.2 Å². The van der Waals surface area contributed by atoms with Crippen molar-refractivity contribution in [3.63, 3.8) is 0 Å². The van der Waals surface area contributed by atoms with E-state index in [0.717, 1.165) is 31.4 Å². The molecule has 2 rings (SSSR count). The Labute approximate surface area is 146 Å². The molecule has 0 radical (unpaired) electrons. The molecule has 1 atom stereocenters. The van der Waals surface area contributed by atoms with Crippen LogP contribution >= 0.6 is 12.4 Å². The Morgan fingerprint density at radius 2 is 1.96 bits per heavy atom. The topological polar surface area (TPSA) is 84.6 Å². The molecule has 8 heteroatoms. The van der Waals surface area contributed by atoms with E-state index in [4.69, 9.17) is 10.5 Å². The van der Waals surface area contributed by atoms with E-state index >= 15 is 0 Å². The Bertz CT molecular complexity index is 554. The van der Waals surface area contributed by atoms with Gasteiger partial charge in [0.25, 0.3) is 0 Å². The molecule has 1 amide bonds. The predicted octanol–water partition coefficient (Wildman–Crippen LogP) is 1.90. The molecule has 0 heterocycles. The molecule has 0 bridgehead atoms. The van der Waals surface area contributed by atoms with Crippen LogP contribution in [0.5, 0.6) is 5.75 Å². The average molecular weight is 365 g/mol. The molecular weight excluding hydrogens is 342 g/mol. The molecular formula is C16H23ClF2N2O3. The number of carbonyl (C=O) groups excluding carboxylic acids is 1. The Hall–Kier alpha value is -1.44. The van der Waals surface area contributed by atoms with E-state index in [1.54, 1.807) is 0 Å². The largest absolute Gasteiger partial charge is 0.491 e. The molecule has 0 spiro atoms. The fourth-order valence-corrected chi connectivity index (χ4v) is 2.61. The van der Waals surface area contributed by atoms with E-state index in [-0.39, 0.29) is 37.2 Å². The number of nitrogens with two attached hydrogens (primary N) is 1. The van der Waals surface area contributed by atoms with E-state index < -0.39 is 23.3 Å². The highest BCUT2D eigenvalue weighted by Gasteiger charge is 2.35. The van der Waals surface area contributed by atoms with Gasteiger partial charge >= 0.3 is 0 Å². The summed E-state index contributed by atoms with van der Waals surface area (Å²) in [6.07, 6.45) is 3.23. The summed E-state index contributed by atoms with van der Waals surface area (Å²) in [6.45, 7) is -0.162. The quantitative estimate of drug-likeness (QED) is 0.719. The zero-order valence-corrected chi connectivity index (χ0v) is 14.1. The van der Waals surface area contributed by atoms with E-state index in [0.29, 0.717) is 12.8 Å². The van der Waals surface area contributed by atoms with Crippen LogP contribution in [-0.2, 0) is 4.79 Å². The minimum absolute atomic E-state index is 0. The van der Waals surface area contributed by atoms with Crippen LogP contribution in [0.25, 0.3) is 0 Å². The first-order valence-electron chi connectivity index (χ1n) is 7.74. The lowest BCUT2D eigenvalue weighted by Gasteiger charge is -2.32. The minimum atomic E-state index is -1.02. The number of carbonyl (C=O) groups is 1. The normalized spacial score (nSPS) is 17.5. The van der Waals surface area contributed by atoms with Gasteiger partial charge in [0.1, 0.15) is 18.5 Å². The van der Waals surface area contributed by atoms with Gasteiger partial charge in [0.05, 0.1) is 5.54 Å². The van der Waals surface area contributed by atoms with Crippen LogP contribution in [0.2, 0.25) is 0 Å². The molecule has 1 unspecified atom stereocenters. The summed E-state index contributed by atoms with van der Waals surface area (Å²) >= 11 is 0. The van der Waals surface area contributed by atoms with Crippen molar-refractivity contribution in [3.05, 3.63) is 29.8 Å². The Kier molecular flexibility index (Phi) is 7.86. The van der Waals surface area contributed by atoms with E-state index in [9.17, 15) is 18.7 Å². The SMILES string of the molecule is Cl.NC1(C(=O)NCC(O)COc2ccc(F)c(F)c2)CCCCC1. The smallest absolute Gasteiger partial charge is 0.240 e. The highest BCUT2D eigenvalue weighted by Crippen LogP contribution is 2.25. The summed E-state index contributed by atoms with van der Waals surface area (Å²) < 4.78 is 31.0. The maximum atomic E-state index is 13.0. The Morgan fingerprint density at radius 3 is 2.58 bits per heavy atom. The lowest BCUT2D eigenvalue weighted by Crippen LogP contribution is -2.56. The molecule has 4 N–H and O–H groups in total. The van der Waals surface area contributed by atoms with Crippen molar-refractivity contribution in [2.45, 2.75) is 43.7 Å². The van der Waals surface area contributed by atoms with Crippen LogP contribution < -0.4 is 15.8 Å². The number of rotatable bonds is 6. The number of nitrogens with one attached hydrogen (secondary N) is 1. The molecule has 0 aliphatic heterocycles. The van der Waals surface area contributed by atoms with Crippen molar-refractivity contribution in [2.75, 3.05) is 13.2 Å². The molecule has 24 heavy (non-hydrogen) atoms. The summed E-state index contributed by atoms with van der Waals surface area (Å²) in [4.78, 5) is 12.1. The van der Waals surface area contributed by atoms with Gasteiger partial charge in [-0.15, -0.1) is 12.4 Å². The molecule has 136 valence electrons. The van der Waals surface area contributed by atoms with Crippen molar-refractivity contribution >= 4 is 18.3 Å². The lowest BCUT2D eigenvalue weighted by atomic mass is 9.82. The summed E-state index contributed by atoms with van der Waals surface area (Å²) in [5, 5.41) is 12.4. The van der Waals surface area contributed by atoms with Crippen LogP contribution in [-0.4, -0.2) is 35.8 Å². The van der Waals surface area contributed by atoms with Gasteiger partial charge in [0.2, 0.25) is 5.91 Å². The Balaban J connectivity index is 0.00000288. The van der Waals surface area contributed by atoms with Gasteiger partial charge in [-0.05, 0) is 25.0 Å². The zero-order valence-electron chi connectivity index (χ0n) is 13.3. The molecule has 1 aromatic rings. The third-order valence-corrected chi connectivity index (χ3v) is 4.03. The maximum Gasteiger partial charge on any atom is 0.240 e. The fourth-order valence-electron chi connectivity index (χ4n) is 2.61. The first kappa shape index (κ1) is 20.6. The van der Waals surface area contributed by atoms with Gasteiger partial charge in [0, 0.05) is 12.6 Å². The summed E-state index contributed by atoms with van der Waals surface area (Å²) in [5.41, 5.74) is 5.22. The van der Waals surface area contributed by atoms with Gasteiger partial charge in [-0.2, -0.15) is 0 Å². The van der Waals surface area contributed by atoms with Crippen molar-refractivity contribution in [1.82, 2.24) is 5.32 Å². The first-order valence-corrected chi connectivity index (χ1v) is 7.74. The van der Waals surface area contributed by atoms with Crippen LogP contribution in [0.3, 0.4) is 0 Å². The van der Waals surface area contributed by atoms with Gasteiger partial charge in [-0.25, -0.2) is 8.78 Å². The summed E-state index contributed by atoms with van der Waals surface area (Å²) in [7, 11) is 0. The molecule has 0 aromatic heterocycles. The third kappa shape index (κ3) is 5.58. The van der Waals surface area contributed by atoms with Gasteiger partial charge in [0.15, 0.2) is 11.6 Å². The highest BCUT2D eigenvalue weighted by molar-refractivity contribution is 5.86. The Morgan fingerprint density at radius 1 is 1.29 bits per heavy atom. The first-order chi connectivity index (χ1) is 10.9. The van der Waals surface area contributed by atoms with Crippen molar-refractivity contribution in [1.29, 1.82) is 0 Å². The van der Waals surface area contributed by atoms with E-state index in [1.165, 1.54) is 6.07 Å². The number of hydrogen-bond acceptors (Lipinski definition) is 4. The summed E-state index contributed by atoms with van der Waals surface area (Å²) in [6, 6.07) is 3.11. The monoisotopic (exact) mass is 364 g/mol. The van der Waals surface area contributed by atoms with E-state index in [2.05, 4.69) is 5.32 Å². The molecule has 1 aromatic carbocycles. The second-order valence-corrected chi connectivity index (χ2v) is 5.97. The standard InChI is InChI=1S/C16H22F2N2O3.ClH/c17-13-5-4-12(8-14(13)18)23-10-11(21)9-20-15(22)16(19)6-2-1-3-7-16;/h4-5,8,11,21H,1-3,6-7,9-10,19H2,(H,20,22);1H. The number of halogens is 3. The number of hydrogen-bond donors (Lipinski definition) is 3. The van der Waals surface area contributed by atoms with Crippen molar-refractivity contribution in [3.8, 4) is 5.75 Å². The predicted molar refractivity (Wildman–Crippen MR) is 88.1 cm³/mol. The van der Waals surface area contributed by atoms with E-state index in [1.807, 2.05) is 0 Å². The minimum Gasteiger partial charge on any atom is -0.491 e. The number of aliphatic hydroxyl groups is 1. The zero-order chi connectivity index (χ0) is 16.9. The second-order valence-electron chi connectivity index (χ2n) is 5.97. The van der Waals surface area contributed by atoms with Gasteiger partial charge in [-0.1, -0.05) is 19.3 Å². The molecule has 1 aliphatic carbocycles. The molecule has 1 fully saturated rings. The molecule has 5 nitrogen and oxygen atoms in total. The number of amides is 1. The molecule has 1 aliphatic rings. The average Bonchev–Trinajstić information content (AvgIpc) is 2.54. The number of ether oxygens (including phenoxy) is 1. The van der Waals surface area contributed by atoms with Crippen molar-refractivity contribution < 1.29 is 23.4 Å². The molecule has 0 saturated heterocycles. The third-order valence-electron chi connectivity index (χ3n) is 4.03. The molecule has 1 saturated carbocycles.